The molecule has 1 atom stereocenters. The topological polar surface area (TPSA) is 45.8 Å². The lowest BCUT2D eigenvalue weighted by Crippen LogP contribution is -2.18. The lowest BCUT2D eigenvalue weighted by atomic mass is 9.98. The van der Waals surface area contributed by atoms with Gasteiger partial charge in [0.25, 0.3) is 0 Å². The first-order chi connectivity index (χ1) is 19.3. The zero-order valence-electron chi connectivity index (χ0n) is 22.3. The summed E-state index contributed by atoms with van der Waals surface area (Å²) in [6.07, 6.45) is 6.30. The van der Waals surface area contributed by atoms with Gasteiger partial charge in [-0.1, -0.05) is 105 Å². The van der Waals surface area contributed by atoms with Gasteiger partial charge >= 0.3 is 0 Å². The summed E-state index contributed by atoms with van der Waals surface area (Å²) in [7, 11) is 0. The number of benzene rings is 4. The number of aryl methyl sites for hydroxylation is 1. The molecule has 4 aromatic carbocycles. The van der Waals surface area contributed by atoms with E-state index in [1.807, 2.05) is 18.3 Å². The summed E-state index contributed by atoms with van der Waals surface area (Å²) >= 11 is 0. The average Bonchev–Trinajstić information content (AvgIpc) is 3.60. The summed E-state index contributed by atoms with van der Waals surface area (Å²) in [6, 6.07) is 38.1. The molecule has 0 aliphatic carbocycles. The second-order valence-corrected chi connectivity index (χ2v) is 10.00. The summed E-state index contributed by atoms with van der Waals surface area (Å²) in [5.74, 6) is 0.761. The normalized spacial score (nSPS) is 15.4. The third kappa shape index (κ3) is 5.39. The highest BCUT2D eigenvalue weighted by Gasteiger charge is 2.29. The molecule has 1 aliphatic heterocycles. The fraction of sp³-hybridized carbons (Fsp3) is 0.206. The third-order valence-corrected chi connectivity index (χ3v) is 7.31. The minimum Gasteiger partial charge on any atom is -0.308 e. The number of fused-ring (bicyclic) bond motifs is 1. The van der Waals surface area contributed by atoms with E-state index in [0.717, 1.165) is 53.3 Å². The average molecular weight is 512 g/mol. The van der Waals surface area contributed by atoms with Crippen LogP contribution in [-0.4, -0.2) is 21.5 Å². The molecule has 5 nitrogen and oxygen atoms in total. The summed E-state index contributed by atoms with van der Waals surface area (Å²) in [6.45, 7) is 3.16. The molecule has 1 unspecified atom stereocenters. The highest BCUT2D eigenvalue weighted by Crippen LogP contribution is 2.36. The van der Waals surface area contributed by atoms with Crippen molar-refractivity contribution in [3.63, 3.8) is 0 Å². The Kier molecular flexibility index (Phi) is 7.30. The molecule has 0 bridgehead atoms. The van der Waals surface area contributed by atoms with Gasteiger partial charge in [-0.3, -0.25) is 5.01 Å². The zero-order chi connectivity index (χ0) is 26.4. The van der Waals surface area contributed by atoms with E-state index in [1.54, 1.807) is 0 Å². The van der Waals surface area contributed by atoms with Crippen molar-refractivity contribution in [2.75, 3.05) is 5.01 Å². The van der Waals surface area contributed by atoms with Crippen molar-refractivity contribution in [1.29, 1.82) is 0 Å². The standard InChI is InChI=1S/C34H33N5/c1-2-3-12-23-38-32-18-11-10-17-30(32)36-34(38)35-25-26-19-21-29(22-20-26)39-33(28-15-8-5-9-16-28)24-31(37-39)27-13-6-4-7-14-27/h4-11,13-22,25,33H,2-3,12,23-24H2,1H3/b35-25+. The highest BCUT2D eigenvalue weighted by molar-refractivity contribution is 6.03. The van der Waals surface area contributed by atoms with E-state index in [9.17, 15) is 0 Å². The molecule has 0 radical (unpaired) electrons. The molecule has 39 heavy (non-hydrogen) atoms. The summed E-state index contributed by atoms with van der Waals surface area (Å²) in [5.41, 5.74) is 7.78. The number of nitrogens with zero attached hydrogens (tertiary/aromatic N) is 5. The van der Waals surface area contributed by atoms with Crippen LogP contribution < -0.4 is 5.01 Å². The van der Waals surface area contributed by atoms with Crippen LogP contribution in [0.5, 0.6) is 0 Å². The predicted octanol–water partition coefficient (Wildman–Crippen LogP) is 8.33. The first-order valence-corrected chi connectivity index (χ1v) is 13.9. The Morgan fingerprint density at radius 1 is 0.821 bits per heavy atom. The van der Waals surface area contributed by atoms with Crippen molar-refractivity contribution >= 4 is 34.6 Å². The SMILES string of the molecule is CCCCCn1c(/N=C/c2ccc(N3N=C(c4ccccc4)CC3c3ccccc3)cc2)nc2ccccc21. The largest absolute Gasteiger partial charge is 0.308 e. The minimum absolute atomic E-state index is 0.156. The summed E-state index contributed by atoms with van der Waals surface area (Å²) in [5, 5.41) is 7.24. The Hall–Kier alpha value is -4.51. The zero-order valence-corrected chi connectivity index (χ0v) is 22.3. The van der Waals surface area contributed by atoms with Gasteiger partial charge in [0.2, 0.25) is 5.95 Å². The number of anilines is 1. The molecule has 0 saturated heterocycles. The van der Waals surface area contributed by atoms with Crippen molar-refractivity contribution in [3.8, 4) is 0 Å². The van der Waals surface area contributed by atoms with Crippen molar-refractivity contribution in [2.45, 2.75) is 45.2 Å². The Bertz CT molecular complexity index is 1580. The fourth-order valence-electron chi connectivity index (χ4n) is 5.24. The number of hydrogen-bond acceptors (Lipinski definition) is 4. The molecular formula is C34H33N5. The Morgan fingerprint density at radius 3 is 2.31 bits per heavy atom. The van der Waals surface area contributed by atoms with Crippen LogP contribution in [0.3, 0.4) is 0 Å². The number of aliphatic imine (C=N–C) groups is 1. The number of imidazole rings is 1. The molecule has 0 amide bonds. The molecule has 0 saturated carbocycles. The predicted molar refractivity (Wildman–Crippen MR) is 162 cm³/mol. The molecule has 6 rings (SSSR count). The van der Waals surface area contributed by atoms with Gasteiger partial charge in [0.15, 0.2) is 0 Å². The highest BCUT2D eigenvalue weighted by atomic mass is 15.5. The van der Waals surface area contributed by atoms with E-state index in [-0.39, 0.29) is 6.04 Å². The van der Waals surface area contributed by atoms with E-state index in [0.29, 0.717) is 0 Å². The molecular weight excluding hydrogens is 478 g/mol. The van der Waals surface area contributed by atoms with E-state index >= 15 is 0 Å². The van der Waals surface area contributed by atoms with Crippen LogP contribution in [-0.2, 0) is 6.54 Å². The molecule has 1 aliphatic rings. The number of aromatic nitrogens is 2. The smallest absolute Gasteiger partial charge is 0.230 e. The maximum Gasteiger partial charge on any atom is 0.230 e. The summed E-state index contributed by atoms with van der Waals surface area (Å²) in [4.78, 5) is 9.63. The van der Waals surface area contributed by atoms with Crippen LogP contribution in [0.2, 0.25) is 0 Å². The first-order valence-electron chi connectivity index (χ1n) is 13.9. The van der Waals surface area contributed by atoms with Gasteiger partial charge in [0.1, 0.15) is 0 Å². The van der Waals surface area contributed by atoms with Crippen LogP contribution >= 0.6 is 0 Å². The van der Waals surface area contributed by atoms with E-state index in [4.69, 9.17) is 15.1 Å². The molecule has 1 aromatic heterocycles. The fourth-order valence-corrected chi connectivity index (χ4v) is 5.24. The lowest BCUT2D eigenvalue weighted by molar-refractivity contribution is 0.616. The second-order valence-electron chi connectivity index (χ2n) is 10.00. The molecule has 5 heteroatoms. The van der Waals surface area contributed by atoms with Crippen molar-refractivity contribution in [2.24, 2.45) is 10.1 Å². The Labute approximate surface area is 230 Å². The van der Waals surface area contributed by atoms with Crippen molar-refractivity contribution < 1.29 is 0 Å². The maximum absolute atomic E-state index is 5.08. The summed E-state index contributed by atoms with van der Waals surface area (Å²) < 4.78 is 2.24. The van der Waals surface area contributed by atoms with Crippen molar-refractivity contribution in [3.05, 3.63) is 126 Å². The number of unbranched alkanes of at least 4 members (excludes halogenated alkanes) is 2. The van der Waals surface area contributed by atoms with Gasteiger partial charge in [0.05, 0.1) is 28.5 Å². The quantitative estimate of drug-likeness (QED) is 0.147. The molecule has 0 fully saturated rings. The van der Waals surface area contributed by atoms with Gasteiger partial charge in [-0.25, -0.2) is 9.98 Å². The molecule has 194 valence electrons. The van der Waals surface area contributed by atoms with Gasteiger partial charge in [-0.15, -0.1) is 0 Å². The van der Waals surface area contributed by atoms with Crippen LogP contribution in [0, 0.1) is 0 Å². The maximum atomic E-state index is 5.08. The number of hydrazone groups is 1. The third-order valence-electron chi connectivity index (χ3n) is 7.31. The Morgan fingerprint density at radius 2 is 1.54 bits per heavy atom. The van der Waals surface area contributed by atoms with E-state index < -0.39 is 0 Å². The number of para-hydroxylation sites is 2. The number of rotatable bonds is 9. The van der Waals surface area contributed by atoms with Crippen LogP contribution in [0.25, 0.3) is 11.0 Å². The van der Waals surface area contributed by atoms with Crippen molar-refractivity contribution in [1.82, 2.24) is 9.55 Å². The van der Waals surface area contributed by atoms with Crippen LogP contribution in [0.15, 0.2) is 119 Å². The molecule has 2 heterocycles. The van der Waals surface area contributed by atoms with E-state index in [2.05, 4.69) is 114 Å². The minimum atomic E-state index is 0.156. The van der Waals surface area contributed by atoms with Crippen LogP contribution in [0.1, 0.15) is 55.3 Å². The van der Waals surface area contributed by atoms with Gasteiger partial charge in [-0.2, -0.15) is 5.10 Å². The lowest BCUT2D eigenvalue weighted by Gasteiger charge is -2.24. The Balaban J connectivity index is 1.27. The first kappa shape index (κ1) is 24.8. The molecule has 5 aromatic rings. The van der Waals surface area contributed by atoms with E-state index in [1.165, 1.54) is 24.0 Å². The van der Waals surface area contributed by atoms with Gasteiger partial charge in [0, 0.05) is 19.2 Å². The second kappa shape index (κ2) is 11.5. The molecule has 0 N–H and O–H groups in total. The van der Waals surface area contributed by atoms with Gasteiger partial charge < -0.3 is 4.57 Å². The van der Waals surface area contributed by atoms with Gasteiger partial charge in [-0.05, 0) is 47.4 Å². The number of hydrogen-bond donors (Lipinski definition) is 0. The van der Waals surface area contributed by atoms with Crippen LogP contribution in [0.4, 0.5) is 11.6 Å². The monoisotopic (exact) mass is 511 g/mol. The molecule has 0 spiro atoms.